The van der Waals surface area contributed by atoms with Crippen molar-refractivity contribution < 1.29 is 4.79 Å². The van der Waals surface area contributed by atoms with E-state index >= 15 is 0 Å². The van der Waals surface area contributed by atoms with Gasteiger partial charge in [0.15, 0.2) is 0 Å². The van der Waals surface area contributed by atoms with E-state index in [1.807, 2.05) is 0 Å². The van der Waals surface area contributed by atoms with E-state index < -0.39 is 11.4 Å². The van der Waals surface area contributed by atoms with Crippen LogP contribution in [0.2, 0.25) is 0 Å². The van der Waals surface area contributed by atoms with Gasteiger partial charge in [0, 0.05) is 12.6 Å². The van der Waals surface area contributed by atoms with E-state index in [0.717, 1.165) is 25.7 Å². The van der Waals surface area contributed by atoms with Crippen molar-refractivity contribution in [1.82, 2.24) is 9.80 Å². The van der Waals surface area contributed by atoms with Crippen molar-refractivity contribution >= 4 is 5.91 Å². The number of hydrogen-bond acceptors (Lipinski definition) is 4. The number of nitrogens with zero attached hydrogens (tertiary/aromatic N) is 2. The first kappa shape index (κ1) is 15.7. The van der Waals surface area contributed by atoms with E-state index in [0.29, 0.717) is 6.42 Å². The van der Waals surface area contributed by atoms with E-state index in [9.17, 15) is 4.79 Å². The molecule has 0 aromatic heterocycles. The molecule has 116 valence electrons. The molecule has 5 nitrogen and oxygen atoms in total. The SMILES string of the molecule is CC(N)(CCN1CCC(N2CCCCC2)CC1)C(N)=O. The number of likely N-dealkylation sites (tertiary alicyclic amines) is 2. The highest BCUT2D eigenvalue weighted by atomic mass is 16.1. The van der Waals surface area contributed by atoms with Crippen molar-refractivity contribution in [2.24, 2.45) is 11.5 Å². The van der Waals surface area contributed by atoms with Crippen LogP contribution in [0.4, 0.5) is 0 Å². The Balaban J connectivity index is 1.70. The Morgan fingerprint density at radius 1 is 1.15 bits per heavy atom. The number of amides is 1. The number of hydrogen-bond donors (Lipinski definition) is 2. The first-order valence-corrected chi connectivity index (χ1v) is 8.04. The summed E-state index contributed by atoms with van der Waals surface area (Å²) in [6, 6.07) is 0.770. The number of carbonyl (C=O) groups is 1. The smallest absolute Gasteiger partial charge is 0.237 e. The van der Waals surface area contributed by atoms with Gasteiger partial charge in [-0.25, -0.2) is 0 Å². The molecule has 0 aliphatic carbocycles. The maximum Gasteiger partial charge on any atom is 0.237 e. The molecule has 0 aromatic rings. The van der Waals surface area contributed by atoms with E-state index in [-0.39, 0.29) is 0 Å². The molecule has 2 aliphatic rings. The molecule has 0 saturated carbocycles. The fraction of sp³-hybridized carbons (Fsp3) is 0.933. The minimum Gasteiger partial charge on any atom is -0.368 e. The lowest BCUT2D eigenvalue weighted by atomic mass is 9.96. The molecule has 2 saturated heterocycles. The lowest BCUT2D eigenvalue weighted by Gasteiger charge is -2.40. The molecule has 0 spiro atoms. The third kappa shape index (κ3) is 4.17. The molecule has 4 N–H and O–H groups in total. The van der Waals surface area contributed by atoms with Crippen molar-refractivity contribution in [1.29, 1.82) is 0 Å². The molecule has 0 radical (unpaired) electrons. The summed E-state index contributed by atoms with van der Waals surface area (Å²) in [7, 11) is 0. The topological polar surface area (TPSA) is 75.6 Å². The second-order valence-corrected chi connectivity index (χ2v) is 6.70. The Hall–Kier alpha value is -0.650. The predicted octanol–water partition coefficient (Wildman–Crippen LogP) is 0.530. The van der Waals surface area contributed by atoms with Crippen LogP contribution >= 0.6 is 0 Å². The molecule has 2 aliphatic heterocycles. The number of rotatable bonds is 5. The van der Waals surface area contributed by atoms with Crippen LogP contribution in [0.25, 0.3) is 0 Å². The van der Waals surface area contributed by atoms with Crippen LogP contribution < -0.4 is 11.5 Å². The van der Waals surface area contributed by atoms with Crippen molar-refractivity contribution in [3.05, 3.63) is 0 Å². The van der Waals surface area contributed by atoms with Gasteiger partial charge in [-0.15, -0.1) is 0 Å². The maximum absolute atomic E-state index is 11.2. The van der Waals surface area contributed by atoms with Crippen LogP contribution in [-0.2, 0) is 4.79 Å². The van der Waals surface area contributed by atoms with E-state index in [4.69, 9.17) is 11.5 Å². The van der Waals surface area contributed by atoms with Crippen molar-refractivity contribution in [2.75, 3.05) is 32.7 Å². The fourth-order valence-corrected chi connectivity index (χ4v) is 3.31. The summed E-state index contributed by atoms with van der Waals surface area (Å²) in [5, 5.41) is 0. The minimum atomic E-state index is -0.871. The third-order valence-corrected chi connectivity index (χ3v) is 4.97. The van der Waals surface area contributed by atoms with E-state index in [1.54, 1.807) is 6.92 Å². The molecule has 1 unspecified atom stereocenters. The second kappa shape index (κ2) is 6.87. The zero-order chi connectivity index (χ0) is 14.6. The highest BCUT2D eigenvalue weighted by molar-refractivity contribution is 5.83. The summed E-state index contributed by atoms with van der Waals surface area (Å²) < 4.78 is 0. The molecule has 20 heavy (non-hydrogen) atoms. The summed E-state index contributed by atoms with van der Waals surface area (Å²) in [6.45, 7) is 7.42. The van der Waals surface area contributed by atoms with Crippen molar-refractivity contribution in [2.45, 2.75) is 57.0 Å². The molecule has 2 rings (SSSR count). The van der Waals surface area contributed by atoms with Gasteiger partial charge in [-0.05, 0) is 65.2 Å². The van der Waals surface area contributed by atoms with Crippen LogP contribution in [0.15, 0.2) is 0 Å². The molecule has 1 atom stereocenters. The van der Waals surface area contributed by atoms with Crippen molar-refractivity contribution in [3.63, 3.8) is 0 Å². The molecule has 1 amide bonds. The zero-order valence-electron chi connectivity index (χ0n) is 12.8. The number of primary amides is 1. The van der Waals surface area contributed by atoms with Gasteiger partial charge in [0.1, 0.15) is 0 Å². The number of piperidine rings is 2. The third-order valence-electron chi connectivity index (χ3n) is 4.97. The van der Waals surface area contributed by atoms with Crippen LogP contribution in [-0.4, -0.2) is 60.0 Å². The van der Waals surface area contributed by atoms with Crippen LogP contribution in [0, 0.1) is 0 Å². The fourth-order valence-electron chi connectivity index (χ4n) is 3.31. The van der Waals surface area contributed by atoms with Gasteiger partial charge in [0.25, 0.3) is 0 Å². The highest BCUT2D eigenvalue weighted by Crippen LogP contribution is 2.21. The molecule has 2 heterocycles. The molecule has 0 aromatic carbocycles. The Morgan fingerprint density at radius 2 is 1.75 bits per heavy atom. The molecular formula is C15H30N4O. The maximum atomic E-state index is 11.2. The van der Waals surface area contributed by atoms with E-state index in [2.05, 4.69) is 9.80 Å². The first-order valence-electron chi connectivity index (χ1n) is 8.04. The van der Waals surface area contributed by atoms with Crippen LogP contribution in [0.5, 0.6) is 0 Å². The quantitative estimate of drug-likeness (QED) is 0.771. The van der Waals surface area contributed by atoms with Gasteiger partial charge in [-0.2, -0.15) is 0 Å². The van der Waals surface area contributed by atoms with Gasteiger partial charge < -0.3 is 21.3 Å². The second-order valence-electron chi connectivity index (χ2n) is 6.70. The monoisotopic (exact) mass is 282 g/mol. The summed E-state index contributed by atoms with van der Waals surface area (Å²) in [5.41, 5.74) is 10.4. The predicted molar refractivity (Wildman–Crippen MR) is 81.3 cm³/mol. The van der Waals surface area contributed by atoms with Gasteiger partial charge >= 0.3 is 0 Å². The lowest BCUT2D eigenvalue weighted by Crippen LogP contribution is -2.52. The standard InChI is InChI=1S/C15H30N4O/c1-15(17,14(16)20)7-12-18-10-5-13(6-11-18)19-8-3-2-4-9-19/h13H,2-12,17H2,1H3,(H2,16,20). The summed E-state index contributed by atoms with van der Waals surface area (Å²) in [6.07, 6.45) is 7.28. The summed E-state index contributed by atoms with van der Waals surface area (Å²) in [4.78, 5) is 16.3. The normalized spacial score (nSPS) is 26.3. The summed E-state index contributed by atoms with van der Waals surface area (Å²) in [5.74, 6) is -0.402. The van der Waals surface area contributed by atoms with Gasteiger partial charge in [0.2, 0.25) is 5.91 Å². The molecule has 0 bridgehead atoms. The molecular weight excluding hydrogens is 252 g/mol. The minimum absolute atomic E-state index is 0.402. The Bertz CT molecular complexity index is 318. The Morgan fingerprint density at radius 3 is 2.30 bits per heavy atom. The Labute approximate surface area is 122 Å². The molecule has 5 heteroatoms. The van der Waals surface area contributed by atoms with Crippen molar-refractivity contribution in [3.8, 4) is 0 Å². The highest BCUT2D eigenvalue weighted by Gasteiger charge is 2.29. The average molecular weight is 282 g/mol. The van der Waals surface area contributed by atoms with Gasteiger partial charge in [-0.3, -0.25) is 4.79 Å². The number of nitrogens with two attached hydrogens (primary N) is 2. The lowest BCUT2D eigenvalue weighted by molar-refractivity contribution is -0.122. The number of carbonyl (C=O) groups excluding carboxylic acids is 1. The molecule has 2 fully saturated rings. The summed E-state index contributed by atoms with van der Waals surface area (Å²) >= 11 is 0. The van der Waals surface area contributed by atoms with Crippen LogP contribution in [0.1, 0.15) is 45.4 Å². The van der Waals surface area contributed by atoms with Gasteiger partial charge in [-0.1, -0.05) is 6.42 Å². The van der Waals surface area contributed by atoms with E-state index in [1.165, 1.54) is 45.2 Å². The Kier molecular flexibility index (Phi) is 5.41. The zero-order valence-corrected chi connectivity index (χ0v) is 12.8. The average Bonchev–Trinajstić information content (AvgIpc) is 2.46. The van der Waals surface area contributed by atoms with Crippen LogP contribution in [0.3, 0.4) is 0 Å². The first-order chi connectivity index (χ1) is 9.49. The van der Waals surface area contributed by atoms with Gasteiger partial charge in [0.05, 0.1) is 5.54 Å². The largest absolute Gasteiger partial charge is 0.368 e.